The molecule has 0 amide bonds. The molecule has 1 atom stereocenters. The summed E-state index contributed by atoms with van der Waals surface area (Å²) in [5, 5.41) is 17.4. The number of hydrogen-bond donors (Lipinski definition) is 2. The normalized spacial score (nSPS) is 13.5. The van der Waals surface area contributed by atoms with Crippen LogP contribution in [0, 0.1) is 0 Å². The van der Waals surface area contributed by atoms with Gasteiger partial charge in [0, 0.05) is 13.2 Å². The first-order chi connectivity index (χ1) is 4.81. The molecule has 0 saturated carbocycles. The van der Waals surface area contributed by atoms with Crippen LogP contribution in [0.1, 0.15) is 26.2 Å². The molecule has 0 bridgehead atoms. The van der Waals surface area contributed by atoms with Gasteiger partial charge in [-0.1, -0.05) is 0 Å². The average Bonchev–Trinajstić information content (AvgIpc) is 1.89. The van der Waals surface area contributed by atoms with Crippen LogP contribution in [-0.4, -0.2) is 29.7 Å². The Balaban J connectivity index is 2.97. The van der Waals surface area contributed by atoms with Gasteiger partial charge in [0.1, 0.15) is 0 Å². The fourth-order valence-electron chi connectivity index (χ4n) is 0.706. The van der Waals surface area contributed by atoms with Crippen LogP contribution >= 0.6 is 0 Å². The van der Waals surface area contributed by atoms with Crippen LogP contribution in [0.15, 0.2) is 0 Å². The van der Waals surface area contributed by atoms with Crippen molar-refractivity contribution in [1.82, 2.24) is 0 Å². The molecule has 0 fully saturated rings. The van der Waals surface area contributed by atoms with Gasteiger partial charge in [0.05, 0.1) is 0 Å². The highest BCUT2D eigenvalue weighted by atomic mass is 16.6. The zero-order valence-electron chi connectivity index (χ0n) is 6.42. The summed E-state index contributed by atoms with van der Waals surface area (Å²) in [5.41, 5.74) is 0. The molecule has 0 spiro atoms. The summed E-state index contributed by atoms with van der Waals surface area (Å²) in [4.78, 5) is 0. The summed E-state index contributed by atoms with van der Waals surface area (Å²) in [6.07, 6.45) is 1.53. The quantitative estimate of drug-likeness (QED) is 0.426. The van der Waals surface area contributed by atoms with Gasteiger partial charge in [0.15, 0.2) is 6.29 Å². The molecule has 62 valence electrons. The van der Waals surface area contributed by atoms with Crippen molar-refractivity contribution in [2.24, 2.45) is 0 Å². The minimum atomic E-state index is -0.642. The fourth-order valence-corrected chi connectivity index (χ4v) is 0.706. The van der Waals surface area contributed by atoms with Crippen LogP contribution in [0.2, 0.25) is 0 Å². The molecule has 0 heterocycles. The summed E-state index contributed by atoms with van der Waals surface area (Å²) in [5.74, 6) is 0. The van der Waals surface area contributed by atoms with E-state index in [1.54, 1.807) is 0 Å². The zero-order valence-corrected chi connectivity index (χ0v) is 6.42. The van der Waals surface area contributed by atoms with Crippen LogP contribution in [0.3, 0.4) is 0 Å². The molecule has 0 rings (SSSR count). The van der Waals surface area contributed by atoms with E-state index in [1.165, 1.54) is 0 Å². The lowest BCUT2D eigenvalue weighted by Crippen LogP contribution is -2.11. The summed E-state index contributed by atoms with van der Waals surface area (Å²) < 4.78 is 4.86. The van der Waals surface area contributed by atoms with Gasteiger partial charge < -0.3 is 14.9 Å². The van der Waals surface area contributed by atoms with Crippen molar-refractivity contribution >= 4 is 0 Å². The van der Waals surface area contributed by atoms with Crippen molar-refractivity contribution in [1.29, 1.82) is 0 Å². The second kappa shape index (κ2) is 6.99. The molecule has 3 heteroatoms. The second-order valence-electron chi connectivity index (χ2n) is 2.13. The summed E-state index contributed by atoms with van der Waals surface area (Å²) in [7, 11) is 0. The Kier molecular flexibility index (Phi) is 6.91. The predicted octanol–water partition coefficient (Wildman–Crippen LogP) is 0.504. The Labute approximate surface area is 61.6 Å². The molecule has 0 aliphatic rings. The maximum Gasteiger partial charge on any atom is 0.154 e. The van der Waals surface area contributed by atoms with Crippen molar-refractivity contribution < 1.29 is 14.9 Å². The monoisotopic (exact) mass is 148 g/mol. The molecule has 0 aromatic carbocycles. The number of ether oxygens (including phenoxy) is 1. The van der Waals surface area contributed by atoms with Crippen LogP contribution in [0.25, 0.3) is 0 Å². The highest BCUT2D eigenvalue weighted by molar-refractivity contribution is 4.43. The molecule has 0 aromatic heterocycles. The van der Waals surface area contributed by atoms with Crippen molar-refractivity contribution in [3.63, 3.8) is 0 Å². The number of aliphatic hydroxyl groups excluding tert-OH is 2. The standard InChI is InChI=1S/C7H16O3/c1-2-10-7(9)5-3-4-6-8/h7-9H,2-6H2,1H3. The maximum atomic E-state index is 8.97. The first-order valence-corrected chi connectivity index (χ1v) is 3.71. The van der Waals surface area contributed by atoms with Crippen molar-refractivity contribution in [2.75, 3.05) is 13.2 Å². The molecule has 0 aliphatic carbocycles. The first kappa shape index (κ1) is 9.88. The molecular formula is C7H16O3. The van der Waals surface area contributed by atoms with Crippen LogP contribution in [0.4, 0.5) is 0 Å². The van der Waals surface area contributed by atoms with E-state index in [0.29, 0.717) is 13.0 Å². The summed E-state index contributed by atoms with van der Waals surface area (Å²) in [6, 6.07) is 0. The number of hydrogen-bond acceptors (Lipinski definition) is 3. The lowest BCUT2D eigenvalue weighted by Gasteiger charge is -2.08. The molecule has 0 aliphatic heterocycles. The third kappa shape index (κ3) is 6.01. The van der Waals surface area contributed by atoms with Gasteiger partial charge in [-0.05, 0) is 26.2 Å². The van der Waals surface area contributed by atoms with Gasteiger partial charge >= 0.3 is 0 Å². The lowest BCUT2D eigenvalue weighted by molar-refractivity contribution is -0.0996. The number of unbranched alkanes of at least 4 members (excludes halogenated alkanes) is 1. The minimum Gasteiger partial charge on any atom is -0.396 e. The van der Waals surface area contributed by atoms with Gasteiger partial charge in [-0.15, -0.1) is 0 Å². The smallest absolute Gasteiger partial charge is 0.154 e. The van der Waals surface area contributed by atoms with Crippen LogP contribution in [-0.2, 0) is 4.74 Å². The first-order valence-electron chi connectivity index (χ1n) is 3.71. The Morgan fingerprint density at radius 3 is 2.60 bits per heavy atom. The topological polar surface area (TPSA) is 49.7 Å². The van der Waals surface area contributed by atoms with E-state index in [1.807, 2.05) is 6.92 Å². The van der Waals surface area contributed by atoms with E-state index in [0.717, 1.165) is 12.8 Å². The van der Waals surface area contributed by atoms with E-state index >= 15 is 0 Å². The van der Waals surface area contributed by atoms with Crippen molar-refractivity contribution in [2.45, 2.75) is 32.5 Å². The minimum absolute atomic E-state index is 0.193. The predicted molar refractivity (Wildman–Crippen MR) is 38.6 cm³/mol. The van der Waals surface area contributed by atoms with Crippen molar-refractivity contribution in [3.05, 3.63) is 0 Å². The third-order valence-corrected chi connectivity index (χ3v) is 1.22. The van der Waals surface area contributed by atoms with E-state index in [2.05, 4.69) is 0 Å². The molecule has 3 nitrogen and oxygen atoms in total. The van der Waals surface area contributed by atoms with E-state index in [-0.39, 0.29) is 6.61 Å². The Hall–Kier alpha value is -0.120. The Morgan fingerprint density at radius 1 is 1.40 bits per heavy atom. The van der Waals surface area contributed by atoms with Gasteiger partial charge in [-0.2, -0.15) is 0 Å². The van der Waals surface area contributed by atoms with E-state index in [9.17, 15) is 0 Å². The second-order valence-corrected chi connectivity index (χ2v) is 2.13. The largest absolute Gasteiger partial charge is 0.396 e. The molecule has 0 saturated heterocycles. The summed E-state index contributed by atoms with van der Waals surface area (Å²) >= 11 is 0. The van der Waals surface area contributed by atoms with Crippen LogP contribution < -0.4 is 0 Å². The van der Waals surface area contributed by atoms with E-state index < -0.39 is 6.29 Å². The van der Waals surface area contributed by atoms with Gasteiger partial charge in [-0.25, -0.2) is 0 Å². The Morgan fingerprint density at radius 2 is 2.10 bits per heavy atom. The van der Waals surface area contributed by atoms with Gasteiger partial charge in [0.2, 0.25) is 0 Å². The van der Waals surface area contributed by atoms with Crippen molar-refractivity contribution in [3.8, 4) is 0 Å². The van der Waals surface area contributed by atoms with Gasteiger partial charge in [-0.3, -0.25) is 0 Å². The van der Waals surface area contributed by atoms with E-state index in [4.69, 9.17) is 14.9 Å². The maximum absolute atomic E-state index is 8.97. The molecule has 10 heavy (non-hydrogen) atoms. The molecule has 1 unspecified atom stereocenters. The molecular weight excluding hydrogens is 132 g/mol. The van der Waals surface area contributed by atoms with Crippen LogP contribution in [0.5, 0.6) is 0 Å². The Bertz CT molecular complexity index is 65.9. The molecule has 0 radical (unpaired) electrons. The zero-order chi connectivity index (χ0) is 7.82. The fraction of sp³-hybridized carbons (Fsp3) is 1.00. The number of aliphatic hydroxyl groups is 2. The third-order valence-electron chi connectivity index (χ3n) is 1.22. The summed E-state index contributed by atoms with van der Waals surface area (Å²) in [6.45, 7) is 2.58. The average molecular weight is 148 g/mol. The highest BCUT2D eigenvalue weighted by Gasteiger charge is 2.00. The SMILES string of the molecule is CCOC(O)CCCCO. The highest BCUT2D eigenvalue weighted by Crippen LogP contribution is 2.00. The molecule has 2 N–H and O–H groups in total. The van der Waals surface area contributed by atoms with Gasteiger partial charge in [0.25, 0.3) is 0 Å². The molecule has 0 aromatic rings. The lowest BCUT2D eigenvalue weighted by atomic mass is 10.2. The number of rotatable bonds is 6.